The van der Waals surface area contributed by atoms with Gasteiger partial charge in [0.25, 0.3) is 0 Å². The summed E-state index contributed by atoms with van der Waals surface area (Å²) in [4.78, 5) is 20.4. The fourth-order valence-corrected chi connectivity index (χ4v) is 3.22. The minimum Gasteiger partial charge on any atom is -0.453 e. The molecule has 132 valence electrons. The second-order valence-corrected chi connectivity index (χ2v) is 6.36. The van der Waals surface area contributed by atoms with Crippen LogP contribution in [0.3, 0.4) is 0 Å². The Labute approximate surface area is 153 Å². The summed E-state index contributed by atoms with van der Waals surface area (Å²) in [5.74, 6) is 1.03. The molecule has 0 radical (unpaired) electrons. The van der Waals surface area contributed by atoms with Crippen LogP contribution in [0.2, 0.25) is 0 Å². The van der Waals surface area contributed by atoms with Crippen molar-refractivity contribution in [1.29, 1.82) is 0 Å². The van der Waals surface area contributed by atoms with Crippen LogP contribution < -0.4 is 5.73 Å². The monoisotopic (exact) mass is 357 g/mol. The lowest BCUT2D eigenvalue weighted by Crippen LogP contribution is -2.06. The van der Waals surface area contributed by atoms with Crippen LogP contribution >= 0.6 is 0 Å². The first-order valence-electron chi connectivity index (χ1n) is 8.44. The number of hydrogen-bond donors (Lipinski definition) is 2. The predicted octanol–water partition coefficient (Wildman–Crippen LogP) is 3.62. The van der Waals surface area contributed by atoms with Crippen LogP contribution in [0, 0.1) is 6.92 Å². The number of nitrogens with zero attached hydrogens (tertiary/aromatic N) is 3. The second kappa shape index (κ2) is 5.57. The topological polar surface area (TPSA) is 103 Å². The van der Waals surface area contributed by atoms with E-state index in [0.717, 1.165) is 27.9 Å². The summed E-state index contributed by atoms with van der Waals surface area (Å²) in [6, 6.07) is 14.8. The molecule has 0 saturated carbocycles. The van der Waals surface area contributed by atoms with Crippen molar-refractivity contribution in [3.8, 4) is 5.69 Å². The summed E-state index contributed by atoms with van der Waals surface area (Å²) in [5.41, 5.74) is 9.67. The molecule has 7 nitrogen and oxygen atoms in total. The number of nitrogen functional groups attached to an aromatic ring is 1. The molecule has 0 atom stereocenters. The van der Waals surface area contributed by atoms with Crippen molar-refractivity contribution in [2.45, 2.75) is 6.92 Å². The van der Waals surface area contributed by atoms with E-state index in [9.17, 15) is 4.79 Å². The summed E-state index contributed by atoms with van der Waals surface area (Å²) in [7, 11) is 0. The zero-order valence-electron chi connectivity index (χ0n) is 14.4. The lowest BCUT2D eigenvalue weighted by atomic mass is 10.1. The van der Waals surface area contributed by atoms with Gasteiger partial charge in [0, 0.05) is 5.39 Å². The van der Waals surface area contributed by atoms with Crippen LogP contribution in [-0.2, 0) is 0 Å². The van der Waals surface area contributed by atoms with Crippen molar-refractivity contribution in [1.82, 2.24) is 19.7 Å². The maximum atomic E-state index is 12.9. The van der Waals surface area contributed by atoms with Crippen molar-refractivity contribution >= 4 is 33.6 Å². The van der Waals surface area contributed by atoms with Gasteiger partial charge in [0.2, 0.25) is 5.78 Å². The molecule has 27 heavy (non-hydrogen) atoms. The molecule has 0 amide bonds. The van der Waals surface area contributed by atoms with Gasteiger partial charge in [-0.15, -0.1) is 0 Å². The number of nitrogens with two attached hydrogens (primary N) is 1. The zero-order valence-corrected chi connectivity index (χ0v) is 14.4. The number of rotatable bonds is 3. The Kier molecular flexibility index (Phi) is 3.17. The predicted molar refractivity (Wildman–Crippen MR) is 102 cm³/mol. The van der Waals surface area contributed by atoms with E-state index in [0.29, 0.717) is 11.1 Å². The molecule has 0 unspecified atom stereocenters. The molecule has 3 aromatic heterocycles. The molecular formula is C20H15N5O2. The number of furan rings is 1. The molecule has 0 fully saturated rings. The summed E-state index contributed by atoms with van der Waals surface area (Å²) in [5, 5.41) is 5.16. The Bertz CT molecular complexity index is 1290. The molecule has 3 N–H and O–H groups in total. The molecule has 0 spiro atoms. The van der Waals surface area contributed by atoms with Crippen molar-refractivity contribution < 1.29 is 9.21 Å². The number of H-pyrrole nitrogens is 1. The summed E-state index contributed by atoms with van der Waals surface area (Å²) in [6.07, 6.45) is 1.47. The number of benzene rings is 2. The summed E-state index contributed by atoms with van der Waals surface area (Å²) >= 11 is 0. The Morgan fingerprint density at radius 2 is 2.04 bits per heavy atom. The number of nitrogens with one attached hydrogen (secondary N) is 1. The van der Waals surface area contributed by atoms with E-state index in [1.807, 2.05) is 49.4 Å². The first-order chi connectivity index (χ1) is 13.1. The van der Waals surface area contributed by atoms with Gasteiger partial charge in [0.05, 0.1) is 28.5 Å². The average molecular weight is 357 g/mol. The highest BCUT2D eigenvalue weighted by molar-refractivity contribution is 6.11. The van der Waals surface area contributed by atoms with Crippen LogP contribution in [0.15, 0.2) is 59.1 Å². The van der Waals surface area contributed by atoms with Gasteiger partial charge < -0.3 is 15.1 Å². The van der Waals surface area contributed by atoms with E-state index in [-0.39, 0.29) is 17.4 Å². The van der Waals surface area contributed by atoms with E-state index in [1.54, 1.807) is 6.07 Å². The van der Waals surface area contributed by atoms with Gasteiger partial charge >= 0.3 is 0 Å². The number of para-hydroxylation sites is 1. The molecule has 2 aromatic carbocycles. The van der Waals surface area contributed by atoms with Crippen LogP contribution in [0.1, 0.15) is 21.9 Å². The Balaban J connectivity index is 1.56. The van der Waals surface area contributed by atoms with E-state index >= 15 is 0 Å². The average Bonchev–Trinajstić information content (AvgIpc) is 3.35. The molecule has 5 aromatic rings. The number of aromatic amines is 1. The van der Waals surface area contributed by atoms with Gasteiger partial charge in [-0.2, -0.15) is 5.10 Å². The number of imidazole rings is 1. The molecule has 3 heterocycles. The first-order valence-corrected chi connectivity index (χ1v) is 8.44. The van der Waals surface area contributed by atoms with Crippen molar-refractivity contribution in [3.05, 3.63) is 71.9 Å². The molecule has 0 aliphatic carbocycles. The number of carbonyl (C=O) groups is 1. The van der Waals surface area contributed by atoms with Gasteiger partial charge in [-0.25, -0.2) is 9.67 Å². The largest absolute Gasteiger partial charge is 0.453 e. The number of aromatic nitrogens is 4. The molecule has 0 bridgehead atoms. The van der Waals surface area contributed by atoms with Gasteiger partial charge in [-0.3, -0.25) is 4.79 Å². The van der Waals surface area contributed by atoms with Gasteiger partial charge in [0.1, 0.15) is 17.2 Å². The fourth-order valence-electron chi connectivity index (χ4n) is 3.22. The lowest BCUT2D eigenvalue weighted by molar-refractivity contribution is 0.101. The standard InChI is InChI=1S/C20H15N5O2/c1-11-23-15-7-6-13(9-16(15)24-11)25-20(21)14(10-22-25)19(26)18-8-12-4-2-3-5-17(12)27-18/h2-10H,21H2,1H3,(H,23,24). The van der Waals surface area contributed by atoms with Crippen molar-refractivity contribution in [2.24, 2.45) is 0 Å². The zero-order chi connectivity index (χ0) is 18.5. The number of fused-ring (bicyclic) bond motifs is 2. The Hall–Kier alpha value is -3.87. The van der Waals surface area contributed by atoms with E-state index in [4.69, 9.17) is 10.2 Å². The molecule has 5 rings (SSSR count). The number of hydrogen-bond acceptors (Lipinski definition) is 5. The molecular weight excluding hydrogens is 342 g/mol. The minimum atomic E-state index is -0.298. The quantitative estimate of drug-likeness (QED) is 0.480. The lowest BCUT2D eigenvalue weighted by Gasteiger charge is -2.04. The van der Waals surface area contributed by atoms with Crippen LogP contribution in [0.5, 0.6) is 0 Å². The van der Waals surface area contributed by atoms with E-state index in [2.05, 4.69) is 15.1 Å². The van der Waals surface area contributed by atoms with Crippen LogP contribution in [-0.4, -0.2) is 25.5 Å². The van der Waals surface area contributed by atoms with Crippen LogP contribution in [0.4, 0.5) is 5.82 Å². The highest BCUT2D eigenvalue weighted by atomic mass is 16.3. The molecule has 0 aliphatic rings. The third kappa shape index (κ3) is 2.40. The normalized spacial score (nSPS) is 11.4. The fraction of sp³-hybridized carbons (Fsp3) is 0.0500. The van der Waals surface area contributed by atoms with E-state index in [1.165, 1.54) is 10.9 Å². The highest BCUT2D eigenvalue weighted by Gasteiger charge is 2.21. The Morgan fingerprint density at radius 1 is 1.19 bits per heavy atom. The Morgan fingerprint density at radius 3 is 2.89 bits per heavy atom. The maximum absolute atomic E-state index is 12.9. The van der Waals surface area contributed by atoms with Gasteiger partial charge in [0.15, 0.2) is 5.76 Å². The second-order valence-electron chi connectivity index (χ2n) is 6.36. The van der Waals surface area contributed by atoms with Crippen molar-refractivity contribution in [2.75, 3.05) is 5.73 Å². The number of carbonyl (C=O) groups excluding carboxylic acids is 1. The summed E-state index contributed by atoms with van der Waals surface area (Å²) in [6.45, 7) is 1.89. The first kappa shape index (κ1) is 15.4. The number of aryl methyl sites for hydroxylation is 1. The molecule has 0 saturated heterocycles. The number of anilines is 1. The van der Waals surface area contributed by atoms with Crippen LogP contribution in [0.25, 0.3) is 27.7 Å². The molecule has 7 heteroatoms. The van der Waals surface area contributed by atoms with Gasteiger partial charge in [-0.05, 0) is 37.3 Å². The van der Waals surface area contributed by atoms with E-state index < -0.39 is 0 Å². The smallest absolute Gasteiger partial charge is 0.233 e. The maximum Gasteiger partial charge on any atom is 0.233 e. The third-order valence-electron chi connectivity index (χ3n) is 4.53. The van der Waals surface area contributed by atoms with Crippen molar-refractivity contribution in [3.63, 3.8) is 0 Å². The van der Waals surface area contributed by atoms with Gasteiger partial charge in [-0.1, -0.05) is 18.2 Å². The number of ketones is 1. The highest BCUT2D eigenvalue weighted by Crippen LogP contribution is 2.25. The third-order valence-corrected chi connectivity index (χ3v) is 4.53. The minimum absolute atomic E-state index is 0.238. The SMILES string of the molecule is Cc1nc2ccc(-n3ncc(C(=O)c4cc5ccccc5o4)c3N)cc2[nH]1. The molecule has 0 aliphatic heterocycles. The summed E-state index contributed by atoms with van der Waals surface area (Å²) < 4.78 is 7.19.